The second-order valence-corrected chi connectivity index (χ2v) is 8.66. The Labute approximate surface area is 193 Å². The van der Waals surface area contributed by atoms with Crippen molar-refractivity contribution in [1.29, 1.82) is 0 Å². The van der Waals surface area contributed by atoms with E-state index < -0.39 is 11.7 Å². The molecule has 0 unspecified atom stereocenters. The molecule has 1 N–H and O–H groups in total. The van der Waals surface area contributed by atoms with Crippen LogP contribution in [0.1, 0.15) is 28.3 Å². The van der Waals surface area contributed by atoms with Gasteiger partial charge in [0.1, 0.15) is 5.82 Å². The third-order valence-corrected chi connectivity index (χ3v) is 6.14. The number of hydrogen-bond donors (Lipinski definition) is 1. The quantitative estimate of drug-likeness (QED) is 0.615. The molecule has 4 rings (SSSR count). The van der Waals surface area contributed by atoms with Crippen LogP contribution in [0.3, 0.4) is 0 Å². The smallest absolute Gasteiger partial charge is 0.256 e. The van der Waals surface area contributed by atoms with E-state index in [1.165, 1.54) is 12.1 Å². The Kier molecular flexibility index (Phi) is 6.73. The van der Waals surface area contributed by atoms with Gasteiger partial charge in [0.2, 0.25) is 5.91 Å². The van der Waals surface area contributed by atoms with Gasteiger partial charge in [-0.15, -0.1) is 0 Å². The first-order chi connectivity index (χ1) is 15.9. The zero-order chi connectivity index (χ0) is 23.4. The molecule has 0 aliphatic carbocycles. The highest BCUT2D eigenvalue weighted by atomic mass is 19.1. The minimum atomic E-state index is -0.550. The van der Waals surface area contributed by atoms with E-state index in [9.17, 15) is 14.0 Å². The summed E-state index contributed by atoms with van der Waals surface area (Å²) in [6, 6.07) is 23.5. The van der Waals surface area contributed by atoms with Crippen molar-refractivity contribution in [1.82, 2.24) is 4.90 Å². The lowest BCUT2D eigenvalue weighted by Gasteiger charge is -2.37. The maximum absolute atomic E-state index is 14.3. The van der Waals surface area contributed by atoms with Gasteiger partial charge in [0, 0.05) is 44.5 Å². The molecule has 1 fully saturated rings. The van der Waals surface area contributed by atoms with Gasteiger partial charge in [-0.25, -0.2) is 4.39 Å². The van der Waals surface area contributed by atoms with E-state index in [4.69, 9.17) is 0 Å². The molecule has 1 saturated heterocycles. The molecule has 0 radical (unpaired) electrons. The number of hydrogen-bond acceptors (Lipinski definition) is 3. The van der Waals surface area contributed by atoms with Gasteiger partial charge in [0.05, 0.1) is 11.5 Å². The number of halogens is 1. The molecule has 1 heterocycles. The van der Waals surface area contributed by atoms with Crippen molar-refractivity contribution in [3.05, 3.63) is 95.8 Å². The van der Waals surface area contributed by atoms with Crippen molar-refractivity contribution in [3.63, 3.8) is 0 Å². The van der Waals surface area contributed by atoms with Crippen molar-refractivity contribution in [2.75, 3.05) is 37.4 Å². The largest absolute Gasteiger partial charge is 0.378 e. The molecule has 0 spiro atoms. The second kappa shape index (κ2) is 9.86. The molecule has 0 aromatic heterocycles. The van der Waals surface area contributed by atoms with Gasteiger partial charge in [0.15, 0.2) is 0 Å². The number of piperidine rings is 1. The van der Waals surface area contributed by atoms with Crippen molar-refractivity contribution in [3.8, 4) is 0 Å². The average Bonchev–Trinajstić information content (AvgIpc) is 2.84. The van der Waals surface area contributed by atoms with Gasteiger partial charge in [-0.3, -0.25) is 9.59 Å². The lowest BCUT2D eigenvalue weighted by molar-refractivity contribution is -0.121. The third kappa shape index (κ3) is 5.22. The molecule has 5 nitrogen and oxygen atoms in total. The number of rotatable bonds is 5. The van der Waals surface area contributed by atoms with Crippen molar-refractivity contribution < 1.29 is 14.0 Å². The Bertz CT molecular complexity index is 1120. The summed E-state index contributed by atoms with van der Waals surface area (Å²) in [5.74, 6) is -1.50. The maximum atomic E-state index is 14.3. The van der Waals surface area contributed by atoms with Gasteiger partial charge in [0.25, 0.3) is 5.91 Å². The number of nitrogens with zero attached hydrogens (tertiary/aromatic N) is 2. The van der Waals surface area contributed by atoms with E-state index in [1.807, 2.05) is 73.6 Å². The maximum Gasteiger partial charge on any atom is 0.256 e. The molecule has 2 amide bonds. The average molecular weight is 446 g/mol. The zero-order valence-corrected chi connectivity index (χ0v) is 18.9. The summed E-state index contributed by atoms with van der Waals surface area (Å²) in [5.41, 5.74) is 2.84. The minimum absolute atomic E-state index is 0.0115. The Morgan fingerprint density at radius 2 is 1.58 bits per heavy atom. The summed E-state index contributed by atoms with van der Waals surface area (Å²) >= 11 is 0. The predicted octanol–water partition coefficient (Wildman–Crippen LogP) is 4.78. The fraction of sp³-hybridized carbons (Fsp3) is 0.259. The molecule has 2 atom stereocenters. The SMILES string of the molecule is CN(C)c1ccc(NC(=O)[C@@H]2C[C@@H](c3ccccc3)CN(C(=O)c3ccccc3F)C2)cc1. The topological polar surface area (TPSA) is 52.7 Å². The molecule has 1 aliphatic rings. The highest BCUT2D eigenvalue weighted by Gasteiger charge is 2.35. The molecule has 6 heteroatoms. The van der Waals surface area contributed by atoms with Crippen LogP contribution >= 0.6 is 0 Å². The number of amides is 2. The summed E-state index contributed by atoms with van der Waals surface area (Å²) in [5, 5.41) is 2.99. The Morgan fingerprint density at radius 3 is 2.24 bits per heavy atom. The lowest BCUT2D eigenvalue weighted by Crippen LogP contribution is -2.46. The first-order valence-electron chi connectivity index (χ1n) is 11.1. The van der Waals surface area contributed by atoms with E-state index in [0.29, 0.717) is 18.7 Å². The van der Waals surface area contributed by atoms with Crippen LogP contribution in [-0.2, 0) is 4.79 Å². The molecule has 1 aliphatic heterocycles. The highest BCUT2D eigenvalue weighted by molar-refractivity contribution is 5.96. The molecular weight excluding hydrogens is 417 g/mol. The second-order valence-electron chi connectivity index (χ2n) is 8.66. The van der Waals surface area contributed by atoms with Crippen molar-refractivity contribution >= 4 is 23.2 Å². The first kappa shape index (κ1) is 22.5. The van der Waals surface area contributed by atoms with Crippen LogP contribution in [0, 0.1) is 11.7 Å². The molecule has 170 valence electrons. The molecule has 0 saturated carbocycles. The van der Waals surface area contributed by atoms with Gasteiger partial charge >= 0.3 is 0 Å². The molecule has 3 aromatic rings. The number of likely N-dealkylation sites (tertiary alicyclic amines) is 1. The molecular formula is C27H28FN3O2. The van der Waals surface area contributed by atoms with E-state index in [0.717, 1.165) is 11.3 Å². The Balaban J connectivity index is 1.56. The fourth-order valence-electron chi connectivity index (χ4n) is 4.31. The van der Waals surface area contributed by atoms with Gasteiger partial charge in [-0.2, -0.15) is 0 Å². The van der Waals surface area contributed by atoms with E-state index in [2.05, 4.69) is 5.32 Å². The predicted molar refractivity (Wildman–Crippen MR) is 129 cm³/mol. The Hall–Kier alpha value is -3.67. The van der Waals surface area contributed by atoms with Crippen molar-refractivity contribution in [2.24, 2.45) is 5.92 Å². The minimum Gasteiger partial charge on any atom is -0.378 e. The van der Waals surface area contributed by atoms with Crippen LogP contribution in [0.15, 0.2) is 78.9 Å². The van der Waals surface area contributed by atoms with Crippen LogP contribution < -0.4 is 10.2 Å². The summed E-state index contributed by atoms with van der Waals surface area (Å²) in [6.45, 7) is 0.691. The lowest BCUT2D eigenvalue weighted by atomic mass is 9.83. The third-order valence-electron chi connectivity index (χ3n) is 6.14. The summed E-state index contributed by atoms with van der Waals surface area (Å²) in [7, 11) is 3.92. The molecule has 33 heavy (non-hydrogen) atoms. The van der Waals surface area contributed by atoms with Gasteiger partial charge in [-0.1, -0.05) is 42.5 Å². The van der Waals surface area contributed by atoms with Crippen molar-refractivity contribution in [2.45, 2.75) is 12.3 Å². The number of anilines is 2. The van der Waals surface area contributed by atoms with Crippen LogP contribution in [0.25, 0.3) is 0 Å². The van der Waals surface area contributed by atoms with Gasteiger partial charge in [-0.05, 0) is 48.4 Å². The van der Waals surface area contributed by atoms with Crippen LogP contribution in [0.5, 0.6) is 0 Å². The van der Waals surface area contributed by atoms with Gasteiger partial charge < -0.3 is 15.1 Å². The van der Waals surface area contributed by atoms with Crippen LogP contribution in [0.4, 0.5) is 15.8 Å². The molecule has 3 aromatic carbocycles. The number of carbonyl (C=O) groups excluding carboxylic acids is 2. The Morgan fingerprint density at radius 1 is 0.909 bits per heavy atom. The molecule has 0 bridgehead atoms. The highest BCUT2D eigenvalue weighted by Crippen LogP contribution is 2.32. The number of nitrogens with one attached hydrogen (secondary N) is 1. The van der Waals surface area contributed by atoms with E-state index in [-0.39, 0.29) is 29.8 Å². The van der Waals surface area contributed by atoms with E-state index >= 15 is 0 Å². The summed E-state index contributed by atoms with van der Waals surface area (Å²) < 4.78 is 14.3. The summed E-state index contributed by atoms with van der Waals surface area (Å²) in [4.78, 5) is 30.0. The fourth-order valence-corrected chi connectivity index (χ4v) is 4.31. The van der Waals surface area contributed by atoms with Crippen LogP contribution in [-0.4, -0.2) is 43.9 Å². The van der Waals surface area contributed by atoms with E-state index in [1.54, 1.807) is 17.0 Å². The first-order valence-corrected chi connectivity index (χ1v) is 11.1. The zero-order valence-electron chi connectivity index (χ0n) is 18.9. The number of carbonyl (C=O) groups is 2. The summed E-state index contributed by atoms with van der Waals surface area (Å²) in [6.07, 6.45) is 0.618. The number of benzene rings is 3. The van der Waals surface area contributed by atoms with Crippen LogP contribution in [0.2, 0.25) is 0 Å². The monoisotopic (exact) mass is 445 g/mol. The standard InChI is InChI=1S/C27H28FN3O2/c1-30(2)23-14-12-22(13-15-23)29-26(32)21-16-20(19-8-4-3-5-9-19)17-31(18-21)27(33)24-10-6-7-11-25(24)28/h3-15,20-21H,16-18H2,1-2H3,(H,29,32)/t20-,21-/m1/s1. The normalized spacial score (nSPS) is 18.0.